The van der Waals surface area contributed by atoms with E-state index in [0.717, 1.165) is 12.2 Å². The predicted octanol–water partition coefficient (Wildman–Crippen LogP) is 5.04. The zero-order valence-electron chi connectivity index (χ0n) is 12.9. The molecule has 0 saturated heterocycles. The van der Waals surface area contributed by atoms with Gasteiger partial charge in [-0.15, -0.1) is 0 Å². The first-order chi connectivity index (χ1) is 9.86. The van der Waals surface area contributed by atoms with Crippen molar-refractivity contribution in [3.8, 4) is 5.75 Å². The molecule has 1 aromatic rings. The zero-order valence-corrected chi connectivity index (χ0v) is 12.9. The van der Waals surface area contributed by atoms with Gasteiger partial charge in [0, 0.05) is 6.61 Å². The van der Waals surface area contributed by atoms with E-state index in [1.165, 1.54) is 38.5 Å². The fraction of sp³-hybridized carbons (Fsp3) is 0.611. The minimum atomic E-state index is 0.144. The number of para-hydroxylation sites is 1. The lowest BCUT2D eigenvalue weighted by molar-refractivity contribution is 0.0572. The summed E-state index contributed by atoms with van der Waals surface area (Å²) < 4.78 is 11.4. The van der Waals surface area contributed by atoms with E-state index >= 15 is 0 Å². The van der Waals surface area contributed by atoms with Crippen LogP contribution in [0.5, 0.6) is 5.75 Å². The Bertz CT molecular complexity index is 310. The largest absolute Gasteiger partial charge is 0.488 e. The van der Waals surface area contributed by atoms with Crippen molar-refractivity contribution < 1.29 is 9.47 Å². The van der Waals surface area contributed by atoms with E-state index in [2.05, 4.69) is 13.8 Å². The second kappa shape index (κ2) is 11.8. The summed E-state index contributed by atoms with van der Waals surface area (Å²) >= 11 is 0. The Morgan fingerprint density at radius 3 is 2.40 bits per heavy atom. The molecule has 1 rings (SSSR count). The molecule has 1 unspecified atom stereocenters. The molecule has 0 heterocycles. The van der Waals surface area contributed by atoms with Gasteiger partial charge in [0.05, 0.1) is 6.61 Å². The number of ether oxygens (including phenoxy) is 2. The number of unbranched alkanes of at least 4 members (excludes halogenated alkanes) is 5. The summed E-state index contributed by atoms with van der Waals surface area (Å²) in [4.78, 5) is 0. The Morgan fingerprint density at radius 1 is 1.00 bits per heavy atom. The van der Waals surface area contributed by atoms with Crippen LogP contribution in [0.3, 0.4) is 0 Å². The summed E-state index contributed by atoms with van der Waals surface area (Å²) in [5.41, 5.74) is 0. The van der Waals surface area contributed by atoms with Gasteiger partial charge in [-0.3, -0.25) is 0 Å². The molecule has 0 aromatic heterocycles. The van der Waals surface area contributed by atoms with E-state index in [1.54, 1.807) is 0 Å². The highest BCUT2D eigenvalue weighted by atomic mass is 16.5. The van der Waals surface area contributed by atoms with Gasteiger partial charge in [0.2, 0.25) is 0 Å². The maximum Gasteiger partial charge on any atom is 0.122 e. The third-order valence-electron chi connectivity index (χ3n) is 3.37. The molecule has 0 N–H and O–H groups in total. The highest BCUT2D eigenvalue weighted by molar-refractivity contribution is 5.21. The van der Waals surface area contributed by atoms with E-state index < -0.39 is 0 Å². The molecule has 2 heteroatoms. The quantitative estimate of drug-likeness (QED) is 0.499. The molecular weight excluding hydrogens is 248 g/mol. The van der Waals surface area contributed by atoms with Crippen LogP contribution >= 0.6 is 0 Å². The Kier molecular flexibility index (Phi) is 10.0. The van der Waals surface area contributed by atoms with Crippen LogP contribution in [0.4, 0.5) is 0 Å². The van der Waals surface area contributed by atoms with Crippen LogP contribution in [0.15, 0.2) is 30.3 Å². The van der Waals surface area contributed by atoms with Gasteiger partial charge < -0.3 is 9.47 Å². The van der Waals surface area contributed by atoms with Crippen molar-refractivity contribution in [2.45, 2.75) is 58.0 Å². The predicted molar refractivity (Wildman–Crippen MR) is 85.0 cm³/mol. The molecule has 1 radical (unpaired) electrons. The van der Waals surface area contributed by atoms with Gasteiger partial charge in [-0.05, 0) is 31.9 Å². The second-order valence-corrected chi connectivity index (χ2v) is 5.18. The van der Waals surface area contributed by atoms with E-state index in [4.69, 9.17) is 9.47 Å². The molecule has 0 amide bonds. The maximum atomic E-state index is 5.99. The molecule has 0 aliphatic rings. The molecule has 0 saturated carbocycles. The lowest BCUT2D eigenvalue weighted by Crippen LogP contribution is -2.23. The number of benzene rings is 1. The smallest absolute Gasteiger partial charge is 0.122 e. The third kappa shape index (κ3) is 8.21. The van der Waals surface area contributed by atoms with Crippen molar-refractivity contribution in [3.05, 3.63) is 37.3 Å². The lowest BCUT2D eigenvalue weighted by Gasteiger charge is -2.19. The molecule has 2 nitrogen and oxygen atoms in total. The van der Waals surface area contributed by atoms with Crippen LogP contribution in [-0.4, -0.2) is 19.3 Å². The summed E-state index contributed by atoms with van der Waals surface area (Å²) in [5, 5.41) is 0. The summed E-state index contributed by atoms with van der Waals surface area (Å²) in [6.07, 6.45) is 9.05. The average molecular weight is 277 g/mol. The highest BCUT2D eigenvalue weighted by Crippen LogP contribution is 2.16. The first-order valence-electron chi connectivity index (χ1n) is 7.95. The molecule has 20 heavy (non-hydrogen) atoms. The third-order valence-corrected chi connectivity index (χ3v) is 3.37. The van der Waals surface area contributed by atoms with Gasteiger partial charge in [0.15, 0.2) is 0 Å². The van der Waals surface area contributed by atoms with Gasteiger partial charge in [-0.1, -0.05) is 57.2 Å². The Balaban J connectivity index is 2.25. The Morgan fingerprint density at radius 2 is 1.70 bits per heavy atom. The van der Waals surface area contributed by atoms with Crippen molar-refractivity contribution in [2.75, 3.05) is 13.2 Å². The Hall–Kier alpha value is -1.02. The molecule has 113 valence electrons. The summed E-state index contributed by atoms with van der Waals surface area (Å²) in [5.74, 6) is 0.927. The molecule has 0 aliphatic carbocycles. The molecule has 1 aromatic carbocycles. The van der Waals surface area contributed by atoms with Crippen molar-refractivity contribution in [1.82, 2.24) is 0 Å². The maximum absolute atomic E-state index is 5.99. The summed E-state index contributed by atoms with van der Waals surface area (Å²) in [6.45, 7) is 7.10. The van der Waals surface area contributed by atoms with Gasteiger partial charge >= 0.3 is 0 Å². The van der Waals surface area contributed by atoms with E-state index in [9.17, 15) is 0 Å². The molecule has 0 aliphatic heterocycles. The monoisotopic (exact) mass is 277 g/mol. The van der Waals surface area contributed by atoms with Crippen molar-refractivity contribution >= 4 is 0 Å². The first-order valence-corrected chi connectivity index (χ1v) is 7.95. The first kappa shape index (κ1) is 17.0. The topological polar surface area (TPSA) is 18.5 Å². The lowest BCUT2D eigenvalue weighted by atomic mass is 10.1. The van der Waals surface area contributed by atoms with Crippen molar-refractivity contribution in [3.63, 3.8) is 0 Å². The van der Waals surface area contributed by atoms with Gasteiger partial charge in [0.1, 0.15) is 11.9 Å². The minimum Gasteiger partial charge on any atom is -0.488 e. The number of hydrogen-bond acceptors (Lipinski definition) is 2. The normalized spacial score (nSPS) is 12.3. The minimum absolute atomic E-state index is 0.144. The van der Waals surface area contributed by atoms with Crippen LogP contribution in [0.25, 0.3) is 0 Å². The SMILES string of the molecule is [CH2]COCC(CCCCCCCC)Oc1ccccc1. The molecule has 0 bridgehead atoms. The molecule has 0 spiro atoms. The van der Waals surface area contributed by atoms with Gasteiger partial charge in [-0.25, -0.2) is 0 Å². The standard InChI is InChI=1S/C18H29O2/c1-3-5-6-7-8-10-15-18(16-19-4-2)20-17-13-11-9-12-14-17/h9,11-14,18H,2-8,10,15-16H2,1H3. The fourth-order valence-corrected chi connectivity index (χ4v) is 2.23. The summed E-state index contributed by atoms with van der Waals surface area (Å²) in [7, 11) is 0. The number of hydrogen-bond donors (Lipinski definition) is 0. The zero-order chi connectivity index (χ0) is 14.5. The Labute approximate surface area is 124 Å². The molecule has 0 fully saturated rings. The van der Waals surface area contributed by atoms with Gasteiger partial charge in [-0.2, -0.15) is 0 Å². The van der Waals surface area contributed by atoms with E-state index in [1.807, 2.05) is 30.3 Å². The van der Waals surface area contributed by atoms with Crippen LogP contribution in [0.1, 0.15) is 51.9 Å². The average Bonchev–Trinajstić information content (AvgIpc) is 2.49. The van der Waals surface area contributed by atoms with Crippen LogP contribution in [-0.2, 0) is 4.74 Å². The summed E-state index contributed by atoms with van der Waals surface area (Å²) in [6, 6.07) is 10.00. The number of rotatable bonds is 12. The van der Waals surface area contributed by atoms with Crippen LogP contribution in [0, 0.1) is 6.92 Å². The van der Waals surface area contributed by atoms with Gasteiger partial charge in [0.25, 0.3) is 0 Å². The van der Waals surface area contributed by atoms with Crippen LogP contribution in [0.2, 0.25) is 0 Å². The fourth-order valence-electron chi connectivity index (χ4n) is 2.23. The second-order valence-electron chi connectivity index (χ2n) is 5.18. The van der Waals surface area contributed by atoms with E-state index in [-0.39, 0.29) is 6.10 Å². The van der Waals surface area contributed by atoms with Crippen LogP contribution < -0.4 is 4.74 Å². The highest BCUT2D eigenvalue weighted by Gasteiger charge is 2.10. The van der Waals surface area contributed by atoms with E-state index in [0.29, 0.717) is 13.2 Å². The molecular formula is C18H29O2. The van der Waals surface area contributed by atoms with Crippen molar-refractivity contribution in [1.29, 1.82) is 0 Å². The molecule has 1 atom stereocenters. The van der Waals surface area contributed by atoms with Crippen molar-refractivity contribution in [2.24, 2.45) is 0 Å².